The number of esters is 1. The van der Waals surface area contributed by atoms with Gasteiger partial charge in [-0.3, -0.25) is 0 Å². The normalized spacial score (nSPS) is 22.4. The van der Waals surface area contributed by atoms with Gasteiger partial charge in [0.15, 0.2) is 0 Å². The van der Waals surface area contributed by atoms with E-state index in [1.165, 1.54) is 0 Å². The molecule has 11 heavy (non-hydrogen) atoms. The number of ether oxygens (including phenoxy) is 1. The van der Waals surface area contributed by atoms with Crippen LogP contribution in [0.5, 0.6) is 0 Å². The van der Waals surface area contributed by atoms with Crippen LogP contribution in [0.1, 0.15) is 6.92 Å². The number of hydrogen-bond donors (Lipinski definition) is 0. The first-order valence-corrected chi connectivity index (χ1v) is 3.41. The van der Waals surface area contributed by atoms with E-state index in [9.17, 15) is 4.79 Å². The molecule has 3 nitrogen and oxygen atoms in total. The molecule has 1 fully saturated rings. The van der Waals surface area contributed by atoms with Gasteiger partial charge in [0.05, 0.1) is 0 Å². The summed E-state index contributed by atoms with van der Waals surface area (Å²) in [5, 5.41) is 0. The van der Waals surface area contributed by atoms with Crippen molar-refractivity contribution < 1.29 is 9.53 Å². The summed E-state index contributed by atoms with van der Waals surface area (Å²) < 4.78 is 4.82. The SMILES string of the molecule is C=C1COC(=O)/C(=C/C)N1C. The Morgan fingerprint density at radius 1 is 1.73 bits per heavy atom. The van der Waals surface area contributed by atoms with Crippen LogP contribution in [-0.4, -0.2) is 24.5 Å². The number of hydrogen-bond acceptors (Lipinski definition) is 3. The molecule has 0 amide bonds. The Bertz CT molecular complexity index is 230. The maximum Gasteiger partial charge on any atom is 0.354 e. The third-order valence-corrected chi connectivity index (χ3v) is 1.69. The predicted octanol–water partition coefficient (Wildman–Crippen LogP) is 0.892. The van der Waals surface area contributed by atoms with Crippen molar-refractivity contribution in [3.63, 3.8) is 0 Å². The summed E-state index contributed by atoms with van der Waals surface area (Å²) in [4.78, 5) is 12.7. The Labute approximate surface area is 65.9 Å². The number of rotatable bonds is 0. The van der Waals surface area contributed by atoms with E-state index in [4.69, 9.17) is 4.74 Å². The second kappa shape index (κ2) is 2.78. The molecular formula is C8H11NO2. The fraction of sp³-hybridized carbons (Fsp3) is 0.375. The molecule has 0 atom stereocenters. The lowest BCUT2D eigenvalue weighted by Gasteiger charge is -2.27. The van der Waals surface area contributed by atoms with Crippen molar-refractivity contribution in [2.75, 3.05) is 13.7 Å². The van der Waals surface area contributed by atoms with Gasteiger partial charge in [0.2, 0.25) is 0 Å². The second-order valence-electron chi connectivity index (χ2n) is 2.38. The number of carbonyl (C=O) groups is 1. The van der Waals surface area contributed by atoms with Gasteiger partial charge in [-0.15, -0.1) is 0 Å². The molecule has 0 radical (unpaired) electrons. The lowest BCUT2D eigenvalue weighted by molar-refractivity contribution is -0.142. The summed E-state index contributed by atoms with van der Waals surface area (Å²) >= 11 is 0. The van der Waals surface area contributed by atoms with Crippen molar-refractivity contribution in [1.82, 2.24) is 4.90 Å². The quantitative estimate of drug-likeness (QED) is 0.382. The Morgan fingerprint density at radius 3 is 2.82 bits per heavy atom. The number of nitrogens with zero attached hydrogens (tertiary/aromatic N) is 1. The van der Waals surface area contributed by atoms with Gasteiger partial charge in [-0.25, -0.2) is 4.79 Å². The Morgan fingerprint density at radius 2 is 2.36 bits per heavy atom. The van der Waals surface area contributed by atoms with E-state index in [2.05, 4.69) is 6.58 Å². The van der Waals surface area contributed by atoms with Crippen molar-refractivity contribution in [2.45, 2.75) is 6.92 Å². The van der Waals surface area contributed by atoms with Crippen molar-refractivity contribution in [2.24, 2.45) is 0 Å². The largest absolute Gasteiger partial charge is 0.455 e. The van der Waals surface area contributed by atoms with Crippen LogP contribution in [-0.2, 0) is 9.53 Å². The number of cyclic esters (lactones) is 1. The van der Waals surface area contributed by atoms with Crippen LogP contribution in [0.4, 0.5) is 0 Å². The fourth-order valence-electron chi connectivity index (χ4n) is 0.938. The molecular weight excluding hydrogens is 142 g/mol. The van der Waals surface area contributed by atoms with Crippen LogP contribution in [0.25, 0.3) is 0 Å². The van der Waals surface area contributed by atoms with Crippen LogP contribution in [0.3, 0.4) is 0 Å². The van der Waals surface area contributed by atoms with Crippen LogP contribution < -0.4 is 0 Å². The highest BCUT2D eigenvalue weighted by Gasteiger charge is 2.22. The van der Waals surface area contributed by atoms with Gasteiger partial charge in [0, 0.05) is 12.7 Å². The predicted molar refractivity (Wildman–Crippen MR) is 41.6 cm³/mol. The summed E-state index contributed by atoms with van der Waals surface area (Å²) in [5.41, 5.74) is 1.36. The molecule has 0 bridgehead atoms. The topological polar surface area (TPSA) is 29.5 Å². The molecule has 1 heterocycles. The number of likely N-dealkylation sites (N-methyl/N-ethyl adjacent to an activating group) is 1. The van der Waals surface area contributed by atoms with Gasteiger partial charge in [0.25, 0.3) is 0 Å². The van der Waals surface area contributed by atoms with Crippen LogP contribution in [0.15, 0.2) is 24.0 Å². The summed E-state index contributed by atoms with van der Waals surface area (Å²) in [7, 11) is 1.80. The molecule has 1 aliphatic rings. The molecule has 0 aromatic heterocycles. The first kappa shape index (κ1) is 7.85. The molecule has 60 valence electrons. The second-order valence-corrected chi connectivity index (χ2v) is 2.38. The average molecular weight is 153 g/mol. The highest BCUT2D eigenvalue weighted by atomic mass is 16.5. The molecule has 1 aliphatic heterocycles. The van der Waals surface area contributed by atoms with E-state index in [-0.39, 0.29) is 5.97 Å². The van der Waals surface area contributed by atoms with E-state index in [1.807, 2.05) is 0 Å². The lowest BCUT2D eigenvalue weighted by atomic mass is 10.3. The van der Waals surface area contributed by atoms with Gasteiger partial charge in [-0.05, 0) is 6.92 Å². The third-order valence-electron chi connectivity index (χ3n) is 1.69. The smallest absolute Gasteiger partial charge is 0.354 e. The third kappa shape index (κ3) is 1.27. The summed E-state index contributed by atoms with van der Waals surface area (Å²) in [5.74, 6) is -0.276. The zero-order valence-electron chi connectivity index (χ0n) is 6.76. The van der Waals surface area contributed by atoms with Crippen LogP contribution >= 0.6 is 0 Å². The number of allylic oxidation sites excluding steroid dienone is 1. The molecule has 0 spiro atoms. The van der Waals surface area contributed by atoms with E-state index < -0.39 is 0 Å². The molecule has 0 aliphatic carbocycles. The lowest BCUT2D eigenvalue weighted by Crippen LogP contribution is -2.32. The van der Waals surface area contributed by atoms with Crippen LogP contribution in [0.2, 0.25) is 0 Å². The molecule has 0 saturated carbocycles. The van der Waals surface area contributed by atoms with E-state index in [0.717, 1.165) is 5.70 Å². The monoisotopic (exact) mass is 153 g/mol. The minimum Gasteiger partial charge on any atom is -0.455 e. The number of morpholine rings is 1. The van der Waals surface area contributed by atoms with E-state index in [0.29, 0.717) is 12.3 Å². The van der Waals surface area contributed by atoms with Crippen molar-refractivity contribution in [1.29, 1.82) is 0 Å². The van der Waals surface area contributed by atoms with E-state index >= 15 is 0 Å². The molecule has 0 aromatic carbocycles. The standard InChI is InChI=1S/C8H11NO2/c1-4-7-8(10)11-5-6(2)9(7)3/h4H,2,5H2,1,3H3/b7-4-. The Balaban J connectivity index is 2.89. The maximum atomic E-state index is 11.0. The molecule has 0 unspecified atom stereocenters. The minimum absolute atomic E-state index is 0.276. The molecule has 0 aromatic rings. The number of carbonyl (C=O) groups excluding carboxylic acids is 1. The van der Waals surface area contributed by atoms with Gasteiger partial charge >= 0.3 is 5.97 Å². The molecule has 0 N–H and O–H groups in total. The summed E-state index contributed by atoms with van der Waals surface area (Å²) in [6, 6.07) is 0. The molecule has 3 heteroatoms. The fourth-order valence-corrected chi connectivity index (χ4v) is 0.938. The highest BCUT2D eigenvalue weighted by molar-refractivity contribution is 5.89. The van der Waals surface area contributed by atoms with Gasteiger partial charge in [-0.2, -0.15) is 0 Å². The average Bonchev–Trinajstić information content (AvgIpc) is 1.99. The van der Waals surface area contributed by atoms with Crippen LogP contribution in [0, 0.1) is 0 Å². The summed E-state index contributed by atoms with van der Waals surface area (Å²) in [6.45, 7) is 5.83. The zero-order chi connectivity index (χ0) is 8.43. The zero-order valence-corrected chi connectivity index (χ0v) is 6.76. The molecule has 1 saturated heterocycles. The van der Waals surface area contributed by atoms with Gasteiger partial charge < -0.3 is 9.64 Å². The van der Waals surface area contributed by atoms with Gasteiger partial charge in [0.1, 0.15) is 12.3 Å². The van der Waals surface area contributed by atoms with Crippen molar-refractivity contribution in [3.05, 3.63) is 24.0 Å². The van der Waals surface area contributed by atoms with Crippen molar-refractivity contribution >= 4 is 5.97 Å². The van der Waals surface area contributed by atoms with Gasteiger partial charge in [-0.1, -0.05) is 12.7 Å². The first-order chi connectivity index (χ1) is 5.16. The van der Waals surface area contributed by atoms with Crippen molar-refractivity contribution in [3.8, 4) is 0 Å². The summed E-state index contributed by atoms with van der Waals surface area (Å²) in [6.07, 6.45) is 1.71. The Hall–Kier alpha value is -1.25. The van der Waals surface area contributed by atoms with E-state index in [1.54, 1.807) is 24.9 Å². The molecule has 1 rings (SSSR count). The first-order valence-electron chi connectivity index (χ1n) is 3.41. The maximum absolute atomic E-state index is 11.0. The minimum atomic E-state index is -0.276. The highest BCUT2D eigenvalue weighted by Crippen LogP contribution is 2.16. The Kier molecular flexibility index (Phi) is 1.98.